The number of nitro groups is 1. The van der Waals surface area contributed by atoms with Crippen LogP contribution in [0.15, 0.2) is 18.2 Å². The van der Waals surface area contributed by atoms with Crippen LogP contribution in [-0.2, 0) is 0 Å². The molecule has 1 fully saturated rings. The Morgan fingerprint density at radius 2 is 2.05 bits per heavy atom. The molecule has 2 rings (SSSR count). The second-order valence-electron chi connectivity index (χ2n) is 5.86. The second kappa shape index (κ2) is 6.44. The van der Waals surface area contributed by atoms with Gasteiger partial charge in [-0.25, -0.2) is 0 Å². The molecular formula is C15H21ClN2O2. The van der Waals surface area contributed by atoms with Crippen LogP contribution in [-0.4, -0.2) is 11.0 Å². The molecule has 110 valence electrons. The van der Waals surface area contributed by atoms with Crippen LogP contribution in [0.25, 0.3) is 0 Å². The zero-order chi connectivity index (χ0) is 14.7. The molecule has 0 saturated heterocycles. The third-order valence-electron chi connectivity index (χ3n) is 4.17. The van der Waals surface area contributed by atoms with Crippen LogP contribution in [0.5, 0.6) is 0 Å². The summed E-state index contributed by atoms with van der Waals surface area (Å²) in [5, 5.41) is 15.0. The summed E-state index contributed by atoms with van der Waals surface area (Å²) < 4.78 is 0. The number of nitrogens with zero attached hydrogens (tertiary/aromatic N) is 1. The predicted octanol–water partition coefficient (Wildman–Crippen LogP) is 4.87. The highest BCUT2D eigenvalue weighted by Crippen LogP contribution is 2.35. The van der Waals surface area contributed by atoms with Gasteiger partial charge in [0.05, 0.1) is 4.92 Å². The van der Waals surface area contributed by atoms with Gasteiger partial charge in [0.1, 0.15) is 5.69 Å². The van der Waals surface area contributed by atoms with Crippen molar-refractivity contribution in [3.8, 4) is 0 Å². The van der Waals surface area contributed by atoms with Crippen molar-refractivity contribution in [1.29, 1.82) is 0 Å². The highest BCUT2D eigenvalue weighted by molar-refractivity contribution is 6.31. The number of benzene rings is 1. The summed E-state index contributed by atoms with van der Waals surface area (Å²) in [5.74, 6) is 1.13. The van der Waals surface area contributed by atoms with E-state index in [1.165, 1.54) is 25.3 Å². The maximum Gasteiger partial charge on any atom is 0.292 e. The number of rotatable bonds is 4. The van der Waals surface area contributed by atoms with E-state index in [4.69, 9.17) is 11.6 Å². The molecule has 4 nitrogen and oxygen atoms in total. The first-order chi connectivity index (χ1) is 9.49. The monoisotopic (exact) mass is 296 g/mol. The Bertz CT molecular complexity index is 491. The molecule has 1 aliphatic rings. The molecule has 1 saturated carbocycles. The van der Waals surface area contributed by atoms with Gasteiger partial charge in [-0.2, -0.15) is 0 Å². The maximum atomic E-state index is 11.1. The molecule has 1 aliphatic carbocycles. The lowest BCUT2D eigenvalue weighted by molar-refractivity contribution is -0.384. The molecule has 5 heteroatoms. The molecule has 2 atom stereocenters. The van der Waals surface area contributed by atoms with Crippen molar-refractivity contribution >= 4 is 23.0 Å². The van der Waals surface area contributed by atoms with E-state index in [1.54, 1.807) is 12.1 Å². The van der Waals surface area contributed by atoms with E-state index in [-0.39, 0.29) is 10.6 Å². The Morgan fingerprint density at radius 3 is 2.70 bits per heavy atom. The van der Waals surface area contributed by atoms with Gasteiger partial charge in [0.15, 0.2) is 0 Å². The van der Waals surface area contributed by atoms with Crippen molar-refractivity contribution in [1.82, 2.24) is 0 Å². The standard InChI is InChI=1S/C15H21ClN2O2/c1-10(2)12-5-3-4-6-13(12)17-14-9-11(16)7-8-15(14)18(19)20/h7-10,12-13,17H,3-6H2,1-2H3. The number of halogens is 1. The third-order valence-corrected chi connectivity index (χ3v) is 4.41. The smallest absolute Gasteiger partial charge is 0.292 e. The minimum absolute atomic E-state index is 0.0995. The second-order valence-corrected chi connectivity index (χ2v) is 6.30. The molecule has 0 aromatic heterocycles. The summed E-state index contributed by atoms with van der Waals surface area (Å²) in [5.41, 5.74) is 0.641. The quantitative estimate of drug-likeness (QED) is 0.636. The van der Waals surface area contributed by atoms with Gasteiger partial charge in [-0.15, -0.1) is 0 Å². The molecule has 20 heavy (non-hydrogen) atoms. The molecule has 1 N–H and O–H groups in total. The maximum absolute atomic E-state index is 11.1. The first kappa shape index (κ1) is 15.1. The number of nitro benzene ring substituents is 1. The summed E-state index contributed by atoms with van der Waals surface area (Å²) >= 11 is 5.98. The molecule has 0 bridgehead atoms. The van der Waals surface area contributed by atoms with Crippen molar-refractivity contribution in [2.45, 2.75) is 45.6 Å². The van der Waals surface area contributed by atoms with E-state index in [0.717, 1.165) is 6.42 Å². The lowest BCUT2D eigenvalue weighted by Crippen LogP contribution is -2.35. The van der Waals surface area contributed by atoms with E-state index in [2.05, 4.69) is 19.2 Å². The van der Waals surface area contributed by atoms with Gasteiger partial charge in [-0.05, 0) is 36.8 Å². The minimum Gasteiger partial charge on any atom is -0.376 e. The molecular weight excluding hydrogens is 276 g/mol. The van der Waals surface area contributed by atoms with Gasteiger partial charge in [-0.3, -0.25) is 10.1 Å². The minimum atomic E-state index is -0.355. The summed E-state index contributed by atoms with van der Waals surface area (Å²) in [7, 11) is 0. The van der Waals surface area contributed by atoms with Gasteiger partial charge in [0, 0.05) is 17.1 Å². The van der Waals surface area contributed by atoms with Crippen molar-refractivity contribution in [3.05, 3.63) is 33.3 Å². The molecule has 0 amide bonds. The first-order valence-electron chi connectivity index (χ1n) is 7.19. The number of hydrogen-bond donors (Lipinski definition) is 1. The normalized spacial score (nSPS) is 22.8. The van der Waals surface area contributed by atoms with Gasteiger partial charge >= 0.3 is 0 Å². The van der Waals surface area contributed by atoms with Crippen molar-refractivity contribution in [2.24, 2.45) is 11.8 Å². The molecule has 0 aliphatic heterocycles. The van der Waals surface area contributed by atoms with E-state index in [9.17, 15) is 10.1 Å². The molecule has 1 aromatic rings. The van der Waals surface area contributed by atoms with Crippen LogP contribution >= 0.6 is 11.6 Å². The van der Waals surface area contributed by atoms with Crippen LogP contribution < -0.4 is 5.32 Å². The Balaban J connectivity index is 2.23. The van der Waals surface area contributed by atoms with Crippen LogP contribution in [0, 0.1) is 22.0 Å². The van der Waals surface area contributed by atoms with Gasteiger partial charge in [0.2, 0.25) is 0 Å². The summed E-state index contributed by atoms with van der Waals surface area (Å²) in [6.45, 7) is 4.44. The Kier molecular flexibility index (Phi) is 4.86. The lowest BCUT2D eigenvalue weighted by atomic mass is 9.77. The first-order valence-corrected chi connectivity index (χ1v) is 7.57. The fraction of sp³-hybridized carbons (Fsp3) is 0.600. The van der Waals surface area contributed by atoms with E-state index >= 15 is 0 Å². The average molecular weight is 297 g/mol. The topological polar surface area (TPSA) is 55.2 Å². The van der Waals surface area contributed by atoms with E-state index < -0.39 is 0 Å². The lowest BCUT2D eigenvalue weighted by Gasteiger charge is -2.35. The average Bonchev–Trinajstić information content (AvgIpc) is 2.38. The zero-order valence-electron chi connectivity index (χ0n) is 11.9. The fourth-order valence-electron chi connectivity index (χ4n) is 3.12. The third kappa shape index (κ3) is 3.42. The number of nitrogens with one attached hydrogen (secondary N) is 1. The van der Waals surface area contributed by atoms with Crippen molar-refractivity contribution in [3.63, 3.8) is 0 Å². The van der Waals surface area contributed by atoms with Crippen LogP contribution in [0.1, 0.15) is 39.5 Å². The van der Waals surface area contributed by atoms with Crippen LogP contribution in [0.3, 0.4) is 0 Å². The Hall–Kier alpha value is -1.29. The predicted molar refractivity (Wildman–Crippen MR) is 82.3 cm³/mol. The molecule has 0 heterocycles. The summed E-state index contributed by atoms with van der Waals surface area (Å²) in [6, 6.07) is 4.98. The van der Waals surface area contributed by atoms with E-state index in [0.29, 0.717) is 28.6 Å². The summed E-state index contributed by atoms with van der Waals surface area (Å²) in [4.78, 5) is 10.8. The van der Waals surface area contributed by atoms with Gasteiger partial charge in [0.25, 0.3) is 5.69 Å². The summed E-state index contributed by atoms with van der Waals surface area (Å²) in [6.07, 6.45) is 4.67. The van der Waals surface area contributed by atoms with Crippen molar-refractivity contribution < 1.29 is 4.92 Å². The van der Waals surface area contributed by atoms with Crippen LogP contribution in [0.4, 0.5) is 11.4 Å². The van der Waals surface area contributed by atoms with Gasteiger partial charge in [-0.1, -0.05) is 38.3 Å². The fourth-order valence-corrected chi connectivity index (χ4v) is 3.29. The Labute approximate surface area is 124 Å². The van der Waals surface area contributed by atoms with Gasteiger partial charge < -0.3 is 5.32 Å². The van der Waals surface area contributed by atoms with Crippen molar-refractivity contribution in [2.75, 3.05) is 5.32 Å². The van der Waals surface area contributed by atoms with Crippen LogP contribution in [0.2, 0.25) is 5.02 Å². The molecule has 1 aromatic carbocycles. The number of anilines is 1. The molecule has 0 spiro atoms. The van der Waals surface area contributed by atoms with E-state index in [1.807, 2.05) is 0 Å². The molecule has 2 unspecified atom stereocenters. The largest absolute Gasteiger partial charge is 0.376 e. The zero-order valence-corrected chi connectivity index (χ0v) is 12.7. The SMILES string of the molecule is CC(C)C1CCCCC1Nc1cc(Cl)ccc1[N+](=O)[O-]. The molecule has 0 radical (unpaired) electrons. The number of hydrogen-bond acceptors (Lipinski definition) is 3. The Morgan fingerprint density at radius 1 is 1.35 bits per heavy atom. The highest BCUT2D eigenvalue weighted by atomic mass is 35.5. The highest BCUT2D eigenvalue weighted by Gasteiger charge is 2.29.